The second-order valence-electron chi connectivity index (χ2n) is 3.63. The molecule has 0 saturated carbocycles. The molecule has 0 saturated heterocycles. The number of rotatable bonds is 3. The molecule has 84 valence electrons. The van der Waals surface area contributed by atoms with E-state index in [0.29, 0.717) is 11.5 Å². The maximum absolute atomic E-state index is 11.0. The molecule has 6 heteroatoms. The molecule has 6 nitrogen and oxygen atoms in total. The molecule has 0 aliphatic rings. The summed E-state index contributed by atoms with van der Waals surface area (Å²) in [4.78, 5) is 11.0. The van der Waals surface area contributed by atoms with Gasteiger partial charge in [-0.25, -0.2) is 5.10 Å². The predicted octanol–water partition coefficient (Wildman–Crippen LogP) is 1.34. The van der Waals surface area contributed by atoms with Crippen LogP contribution in [0.1, 0.15) is 19.9 Å². The van der Waals surface area contributed by atoms with Gasteiger partial charge in [0, 0.05) is 12.1 Å². The molecule has 0 radical (unpaired) electrons. The van der Waals surface area contributed by atoms with Crippen molar-refractivity contribution in [2.45, 2.75) is 19.9 Å². The number of aromatic nitrogens is 4. The molecule has 0 atom stereocenters. The van der Waals surface area contributed by atoms with Gasteiger partial charge in [0.1, 0.15) is 0 Å². The van der Waals surface area contributed by atoms with Crippen molar-refractivity contribution in [1.29, 1.82) is 0 Å². The van der Waals surface area contributed by atoms with E-state index in [1.54, 1.807) is 17.1 Å². The number of hydrogen-bond donors (Lipinski definition) is 1. The first-order chi connectivity index (χ1) is 7.65. The van der Waals surface area contributed by atoms with Crippen LogP contribution in [-0.4, -0.2) is 20.0 Å². The topological polar surface area (TPSA) is 72.8 Å². The van der Waals surface area contributed by atoms with Gasteiger partial charge in [-0.3, -0.25) is 9.48 Å². The number of ether oxygens (including phenoxy) is 1. The molecule has 16 heavy (non-hydrogen) atoms. The summed E-state index contributed by atoms with van der Waals surface area (Å²) in [5, 5.41) is 10.0. The van der Waals surface area contributed by atoms with Gasteiger partial charge in [-0.2, -0.15) is 10.2 Å². The third-order valence-corrected chi connectivity index (χ3v) is 1.98. The minimum Gasteiger partial charge on any atom is -0.452 e. The summed E-state index contributed by atoms with van der Waals surface area (Å²) in [6.45, 7) is 4.04. The second kappa shape index (κ2) is 4.18. The summed E-state index contributed by atoms with van der Waals surface area (Å²) in [5.41, 5.74) is -0.297. The van der Waals surface area contributed by atoms with E-state index in [9.17, 15) is 4.79 Å². The smallest absolute Gasteiger partial charge is 0.267 e. The molecule has 0 aliphatic heterocycles. The molecule has 2 aromatic rings. The fourth-order valence-electron chi connectivity index (χ4n) is 1.21. The zero-order valence-corrected chi connectivity index (χ0v) is 9.04. The highest BCUT2D eigenvalue weighted by Crippen LogP contribution is 2.19. The van der Waals surface area contributed by atoms with Crippen LogP contribution in [-0.2, 0) is 0 Å². The molecule has 2 rings (SSSR count). The molecule has 0 fully saturated rings. The fourth-order valence-corrected chi connectivity index (χ4v) is 1.21. The van der Waals surface area contributed by atoms with Gasteiger partial charge in [0.15, 0.2) is 11.5 Å². The zero-order valence-electron chi connectivity index (χ0n) is 9.04. The molecule has 0 unspecified atom stereocenters. The Bertz CT molecular complexity index is 529. The summed E-state index contributed by atoms with van der Waals surface area (Å²) in [5.74, 6) is 0.980. The van der Waals surface area contributed by atoms with Crippen LogP contribution in [0.5, 0.6) is 11.5 Å². The minimum absolute atomic E-state index is 0.273. The van der Waals surface area contributed by atoms with Gasteiger partial charge in [-0.1, -0.05) is 0 Å². The number of nitrogens with one attached hydrogen (secondary N) is 1. The Morgan fingerprint density at radius 3 is 2.81 bits per heavy atom. The van der Waals surface area contributed by atoms with Gasteiger partial charge in [0.05, 0.1) is 18.6 Å². The Morgan fingerprint density at radius 2 is 2.19 bits per heavy atom. The zero-order chi connectivity index (χ0) is 11.5. The highest BCUT2D eigenvalue weighted by molar-refractivity contribution is 5.23. The average Bonchev–Trinajstić information content (AvgIpc) is 2.66. The van der Waals surface area contributed by atoms with Crippen LogP contribution in [0.4, 0.5) is 0 Å². The Morgan fingerprint density at radius 1 is 1.38 bits per heavy atom. The van der Waals surface area contributed by atoms with E-state index in [1.807, 2.05) is 13.8 Å². The standard InChI is InChI=1S/C10H12N4O2/c1-7(2)14-6-9(5-12-14)16-8-3-10(15)13-11-4-8/h3-7H,1-2H3,(H,13,15). The van der Waals surface area contributed by atoms with E-state index in [0.717, 1.165) is 0 Å². The lowest BCUT2D eigenvalue weighted by Crippen LogP contribution is -2.05. The van der Waals surface area contributed by atoms with E-state index >= 15 is 0 Å². The van der Waals surface area contributed by atoms with E-state index in [-0.39, 0.29) is 11.6 Å². The molecule has 2 heterocycles. The van der Waals surface area contributed by atoms with Gasteiger partial charge >= 0.3 is 0 Å². The largest absolute Gasteiger partial charge is 0.452 e. The van der Waals surface area contributed by atoms with Crippen molar-refractivity contribution in [2.75, 3.05) is 0 Å². The molecular formula is C10H12N4O2. The van der Waals surface area contributed by atoms with Gasteiger partial charge in [0.25, 0.3) is 5.56 Å². The van der Waals surface area contributed by atoms with E-state index in [4.69, 9.17) is 4.74 Å². The Balaban J connectivity index is 2.17. The van der Waals surface area contributed by atoms with Crippen LogP contribution in [0.25, 0.3) is 0 Å². The van der Waals surface area contributed by atoms with Crippen LogP contribution >= 0.6 is 0 Å². The van der Waals surface area contributed by atoms with Crippen molar-refractivity contribution < 1.29 is 4.74 Å². The third kappa shape index (κ3) is 2.28. The van der Waals surface area contributed by atoms with Crippen LogP contribution in [0.3, 0.4) is 0 Å². The molecule has 0 aromatic carbocycles. The quantitative estimate of drug-likeness (QED) is 0.847. The Kier molecular flexibility index (Phi) is 2.72. The third-order valence-electron chi connectivity index (χ3n) is 1.98. The summed E-state index contributed by atoms with van der Waals surface area (Å²) in [6, 6.07) is 1.61. The minimum atomic E-state index is -0.297. The highest BCUT2D eigenvalue weighted by atomic mass is 16.5. The normalized spacial score (nSPS) is 10.7. The van der Waals surface area contributed by atoms with Crippen molar-refractivity contribution in [3.63, 3.8) is 0 Å². The first-order valence-corrected chi connectivity index (χ1v) is 4.92. The second-order valence-corrected chi connectivity index (χ2v) is 3.63. The number of aromatic amines is 1. The maximum atomic E-state index is 11.0. The van der Waals surface area contributed by atoms with Gasteiger partial charge in [-0.05, 0) is 13.8 Å². The molecule has 1 N–H and O–H groups in total. The SMILES string of the molecule is CC(C)n1cc(Oc2cn[nH]c(=O)c2)cn1. The van der Waals surface area contributed by atoms with Crippen LogP contribution in [0.15, 0.2) is 29.5 Å². The fraction of sp³-hybridized carbons (Fsp3) is 0.300. The summed E-state index contributed by atoms with van der Waals surface area (Å²) in [7, 11) is 0. The monoisotopic (exact) mass is 220 g/mol. The van der Waals surface area contributed by atoms with E-state index < -0.39 is 0 Å². The van der Waals surface area contributed by atoms with Crippen molar-refractivity contribution in [1.82, 2.24) is 20.0 Å². The highest BCUT2D eigenvalue weighted by Gasteiger charge is 2.04. The maximum Gasteiger partial charge on any atom is 0.267 e. The average molecular weight is 220 g/mol. The number of nitrogens with zero attached hydrogens (tertiary/aromatic N) is 3. The van der Waals surface area contributed by atoms with Crippen molar-refractivity contribution in [3.05, 3.63) is 35.0 Å². The molecular weight excluding hydrogens is 208 g/mol. The van der Waals surface area contributed by atoms with Crippen LogP contribution in [0, 0.1) is 0 Å². The molecule has 0 spiro atoms. The Hall–Kier alpha value is -2.11. The molecule has 2 aromatic heterocycles. The lowest BCUT2D eigenvalue weighted by atomic mass is 10.4. The number of H-pyrrole nitrogens is 1. The van der Waals surface area contributed by atoms with Gasteiger partial charge in [-0.15, -0.1) is 0 Å². The first kappa shape index (κ1) is 10.4. The molecule has 0 bridgehead atoms. The van der Waals surface area contributed by atoms with E-state index in [1.165, 1.54) is 12.3 Å². The molecule has 0 amide bonds. The van der Waals surface area contributed by atoms with Gasteiger partial charge in [0.2, 0.25) is 0 Å². The van der Waals surface area contributed by atoms with E-state index in [2.05, 4.69) is 15.3 Å². The lowest BCUT2D eigenvalue weighted by Gasteiger charge is -2.03. The lowest BCUT2D eigenvalue weighted by molar-refractivity contribution is 0.472. The van der Waals surface area contributed by atoms with Crippen molar-refractivity contribution in [3.8, 4) is 11.5 Å². The predicted molar refractivity (Wildman–Crippen MR) is 57.5 cm³/mol. The van der Waals surface area contributed by atoms with Crippen molar-refractivity contribution >= 4 is 0 Å². The summed E-state index contributed by atoms with van der Waals surface area (Å²) in [6.07, 6.45) is 4.81. The van der Waals surface area contributed by atoms with Gasteiger partial charge < -0.3 is 4.74 Å². The number of hydrogen-bond acceptors (Lipinski definition) is 4. The van der Waals surface area contributed by atoms with Crippen molar-refractivity contribution in [2.24, 2.45) is 0 Å². The van der Waals surface area contributed by atoms with Crippen LogP contribution in [0.2, 0.25) is 0 Å². The summed E-state index contributed by atoms with van der Waals surface area (Å²) >= 11 is 0. The summed E-state index contributed by atoms with van der Waals surface area (Å²) < 4.78 is 7.20. The molecule has 0 aliphatic carbocycles. The first-order valence-electron chi connectivity index (χ1n) is 4.92. The van der Waals surface area contributed by atoms with Crippen LogP contribution < -0.4 is 10.3 Å². The Labute approximate surface area is 91.9 Å².